The van der Waals surface area contributed by atoms with Crippen LogP contribution in [0.3, 0.4) is 0 Å². The highest BCUT2D eigenvalue weighted by atomic mass is 19.4. The molecule has 16 heavy (non-hydrogen) atoms. The van der Waals surface area contributed by atoms with E-state index >= 15 is 0 Å². The largest absolute Gasteiger partial charge is 0.389 e. The third-order valence-corrected chi connectivity index (χ3v) is 1.76. The van der Waals surface area contributed by atoms with Crippen molar-refractivity contribution in [3.05, 3.63) is 5.82 Å². The SMILES string of the molecule is CC(C)CNc1nc(CCC(F)(F)F)no1. The minimum Gasteiger partial charge on any atom is -0.338 e. The van der Waals surface area contributed by atoms with Crippen molar-refractivity contribution in [1.29, 1.82) is 0 Å². The van der Waals surface area contributed by atoms with Crippen molar-refractivity contribution in [3.8, 4) is 0 Å². The van der Waals surface area contributed by atoms with Crippen LogP contribution in [0.15, 0.2) is 4.52 Å². The first-order valence-corrected chi connectivity index (χ1v) is 5.00. The number of aromatic nitrogens is 2. The number of halogens is 3. The predicted molar refractivity (Wildman–Crippen MR) is 52.0 cm³/mol. The van der Waals surface area contributed by atoms with Gasteiger partial charge in [-0.3, -0.25) is 0 Å². The molecule has 0 spiro atoms. The van der Waals surface area contributed by atoms with Crippen LogP contribution in [0.5, 0.6) is 0 Å². The molecular weight excluding hydrogens is 223 g/mol. The maximum atomic E-state index is 11.9. The van der Waals surface area contributed by atoms with Crippen LogP contribution in [-0.2, 0) is 6.42 Å². The summed E-state index contributed by atoms with van der Waals surface area (Å²) >= 11 is 0. The van der Waals surface area contributed by atoms with Gasteiger partial charge in [0, 0.05) is 13.0 Å². The Bertz CT molecular complexity index is 322. The van der Waals surface area contributed by atoms with Crippen LogP contribution in [-0.4, -0.2) is 22.9 Å². The van der Waals surface area contributed by atoms with Gasteiger partial charge >= 0.3 is 12.2 Å². The summed E-state index contributed by atoms with van der Waals surface area (Å²) in [5.41, 5.74) is 0. The molecule has 0 saturated carbocycles. The van der Waals surface area contributed by atoms with Crippen LogP contribution in [0.25, 0.3) is 0 Å². The van der Waals surface area contributed by atoms with E-state index in [1.165, 1.54) is 0 Å². The van der Waals surface area contributed by atoms with Crippen LogP contribution in [0.4, 0.5) is 19.2 Å². The average Bonchev–Trinajstić information content (AvgIpc) is 2.58. The van der Waals surface area contributed by atoms with Gasteiger partial charge in [0.15, 0.2) is 5.82 Å². The third kappa shape index (κ3) is 4.99. The molecule has 1 rings (SSSR count). The zero-order valence-electron chi connectivity index (χ0n) is 9.14. The standard InChI is InChI=1S/C9H14F3N3O/c1-6(2)5-13-8-14-7(15-16-8)3-4-9(10,11)12/h6H,3-5H2,1-2H3,(H,13,14,15). The first kappa shape index (κ1) is 12.8. The Labute approximate surface area is 91.2 Å². The molecule has 0 radical (unpaired) electrons. The predicted octanol–water partition coefficient (Wildman–Crippen LogP) is 2.63. The lowest BCUT2D eigenvalue weighted by Gasteiger charge is -2.03. The Kier molecular flexibility index (Phi) is 4.14. The zero-order chi connectivity index (χ0) is 12.2. The van der Waals surface area contributed by atoms with E-state index in [1.54, 1.807) is 0 Å². The van der Waals surface area contributed by atoms with Crippen molar-refractivity contribution < 1.29 is 17.7 Å². The Hall–Kier alpha value is -1.27. The highest BCUT2D eigenvalue weighted by Crippen LogP contribution is 2.21. The third-order valence-electron chi connectivity index (χ3n) is 1.76. The van der Waals surface area contributed by atoms with E-state index in [0.717, 1.165) is 0 Å². The molecule has 0 amide bonds. The Morgan fingerprint density at radius 1 is 1.38 bits per heavy atom. The van der Waals surface area contributed by atoms with Crippen LogP contribution in [0.2, 0.25) is 0 Å². The van der Waals surface area contributed by atoms with E-state index in [9.17, 15) is 13.2 Å². The van der Waals surface area contributed by atoms with Gasteiger partial charge in [0.2, 0.25) is 0 Å². The number of anilines is 1. The molecule has 0 aliphatic rings. The van der Waals surface area contributed by atoms with Gasteiger partial charge in [-0.15, -0.1) is 0 Å². The topological polar surface area (TPSA) is 51.0 Å². The number of hydrogen-bond acceptors (Lipinski definition) is 4. The molecule has 92 valence electrons. The zero-order valence-corrected chi connectivity index (χ0v) is 9.14. The highest BCUT2D eigenvalue weighted by molar-refractivity contribution is 5.17. The van der Waals surface area contributed by atoms with Gasteiger partial charge in [-0.1, -0.05) is 19.0 Å². The molecule has 4 nitrogen and oxygen atoms in total. The lowest BCUT2D eigenvalue weighted by molar-refractivity contribution is -0.134. The van der Waals surface area contributed by atoms with Gasteiger partial charge in [0.05, 0.1) is 6.42 Å². The molecule has 7 heteroatoms. The summed E-state index contributed by atoms with van der Waals surface area (Å²) in [7, 11) is 0. The van der Waals surface area contributed by atoms with Gasteiger partial charge in [-0.05, 0) is 5.92 Å². The number of rotatable bonds is 5. The van der Waals surface area contributed by atoms with Crippen LogP contribution in [0.1, 0.15) is 26.1 Å². The van der Waals surface area contributed by atoms with Crippen LogP contribution in [0, 0.1) is 5.92 Å². The van der Waals surface area contributed by atoms with E-state index < -0.39 is 12.6 Å². The van der Waals surface area contributed by atoms with Crippen molar-refractivity contribution in [2.75, 3.05) is 11.9 Å². The van der Waals surface area contributed by atoms with Crippen molar-refractivity contribution in [2.45, 2.75) is 32.9 Å². The molecule has 0 aromatic carbocycles. The number of alkyl halides is 3. The summed E-state index contributed by atoms with van der Waals surface area (Å²) in [5, 5.41) is 6.29. The van der Waals surface area contributed by atoms with Crippen molar-refractivity contribution >= 4 is 6.01 Å². The van der Waals surface area contributed by atoms with Gasteiger partial charge in [0.25, 0.3) is 0 Å². The monoisotopic (exact) mass is 237 g/mol. The van der Waals surface area contributed by atoms with E-state index in [1.807, 2.05) is 13.8 Å². The lowest BCUT2D eigenvalue weighted by atomic mass is 10.2. The Morgan fingerprint density at radius 2 is 2.06 bits per heavy atom. The van der Waals surface area contributed by atoms with E-state index in [4.69, 9.17) is 4.52 Å². The summed E-state index contributed by atoms with van der Waals surface area (Å²) in [5.74, 6) is 0.467. The molecule has 0 bridgehead atoms. The van der Waals surface area contributed by atoms with Crippen LogP contribution >= 0.6 is 0 Å². The van der Waals surface area contributed by atoms with Gasteiger partial charge < -0.3 is 9.84 Å². The van der Waals surface area contributed by atoms with E-state index in [-0.39, 0.29) is 18.3 Å². The van der Waals surface area contributed by atoms with Gasteiger partial charge in [0.1, 0.15) is 0 Å². The molecule has 0 aliphatic carbocycles. The molecular formula is C9H14F3N3O. The summed E-state index contributed by atoms with van der Waals surface area (Å²) in [6.07, 6.45) is -5.38. The fraction of sp³-hybridized carbons (Fsp3) is 0.778. The minimum atomic E-state index is -4.19. The first-order chi connectivity index (χ1) is 7.37. The fourth-order valence-corrected chi connectivity index (χ4v) is 0.972. The molecule has 0 fully saturated rings. The minimum absolute atomic E-state index is 0.0728. The molecule has 1 aromatic rings. The number of aryl methyl sites for hydroxylation is 1. The highest BCUT2D eigenvalue weighted by Gasteiger charge is 2.27. The normalized spacial score (nSPS) is 12.1. The van der Waals surface area contributed by atoms with Gasteiger partial charge in [-0.25, -0.2) is 0 Å². The van der Waals surface area contributed by atoms with Crippen LogP contribution < -0.4 is 5.32 Å². The molecule has 0 atom stereocenters. The molecule has 1 aromatic heterocycles. The van der Waals surface area contributed by atoms with E-state index in [0.29, 0.717) is 12.5 Å². The summed E-state index contributed by atoms with van der Waals surface area (Å²) in [4.78, 5) is 3.80. The van der Waals surface area contributed by atoms with E-state index in [2.05, 4.69) is 15.5 Å². The fourth-order valence-electron chi connectivity index (χ4n) is 0.972. The number of nitrogens with one attached hydrogen (secondary N) is 1. The Morgan fingerprint density at radius 3 is 2.62 bits per heavy atom. The second kappa shape index (κ2) is 5.18. The first-order valence-electron chi connectivity index (χ1n) is 5.00. The summed E-state index contributed by atoms with van der Waals surface area (Å²) in [6, 6.07) is 0.172. The molecule has 0 aliphatic heterocycles. The maximum absolute atomic E-state index is 11.9. The molecule has 0 saturated heterocycles. The van der Waals surface area contributed by atoms with Crippen molar-refractivity contribution in [3.63, 3.8) is 0 Å². The van der Waals surface area contributed by atoms with Gasteiger partial charge in [-0.2, -0.15) is 18.2 Å². The second-order valence-electron chi connectivity index (χ2n) is 3.91. The number of nitrogens with zero attached hydrogens (tertiary/aromatic N) is 2. The molecule has 1 N–H and O–H groups in total. The lowest BCUT2D eigenvalue weighted by Crippen LogP contribution is -2.10. The summed E-state index contributed by atoms with van der Waals surface area (Å²) < 4.78 is 40.4. The smallest absolute Gasteiger partial charge is 0.338 e. The molecule has 0 unspecified atom stereocenters. The maximum Gasteiger partial charge on any atom is 0.389 e. The molecule has 1 heterocycles. The summed E-state index contributed by atoms with van der Waals surface area (Å²) in [6.45, 7) is 4.63. The quantitative estimate of drug-likeness (QED) is 0.855. The van der Waals surface area contributed by atoms with Crippen molar-refractivity contribution in [2.24, 2.45) is 5.92 Å². The van der Waals surface area contributed by atoms with Crippen molar-refractivity contribution in [1.82, 2.24) is 10.1 Å². The Balaban J connectivity index is 2.39. The average molecular weight is 237 g/mol. The second-order valence-corrected chi connectivity index (χ2v) is 3.91. The number of hydrogen-bond donors (Lipinski definition) is 1.